The van der Waals surface area contributed by atoms with Gasteiger partial charge >= 0.3 is 0 Å². The van der Waals surface area contributed by atoms with Crippen LogP contribution in [0.1, 0.15) is 0 Å². The molecule has 1 rings (SSSR count). The first-order valence-corrected chi connectivity index (χ1v) is 6.39. The van der Waals surface area contributed by atoms with Gasteiger partial charge in [-0.3, -0.25) is 0 Å². The first-order chi connectivity index (χ1) is 5.40. The van der Waals surface area contributed by atoms with Gasteiger partial charge in [-0.2, -0.15) is 0 Å². The minimum atomic E-state index is -3.28. The van der Waals surface area contributed by atoms with Crippen molar-refractivity contribution in [2.45, 2.75) is 12.1 Å². The molecule has 1 unspecified atom stereocenters. The highest BCUT2D eigenvalue weighted by molar-refractivity contribution is 8.09. The van der Waals surface area contributed by atoms with Crippen molar-refractivity contribution in [3.8, 4) is 0 Å². The highest BCUT2D eigenvalue weighted by Crippen LogP contribution is 2.40. The van der Waals surface area contributed by atoms with Crippen LogP contribution in [0.4, 0.5) is 0 Å². The number of aliphatic hydroxyl groups is 1. The molecule has 1 fully saturated rings. The molecule has 0 bridgehead atoms. The minimum Gasteiger partial charge on any atom is -0.390 e. The molecule has 7 heteroatoms. The predicted octanol–water partition coefficient (Wildman–Crippen LogP) is -1.22. The Morgan fingerprint density at radius 2 is 2.17 bits per heavy atom. The van der Waals surface area contributed by atoms with Gasteiger partial charge in [-0.15, -0.1) is 0 Å². The lowest BCUT2D eigenvalue weighted by atomic mass is 9.87. The molecule has 1 heterocycles. The molecule has 0 aromatic rings. The summed E-state index contributed by atoms with van der Waals surface area (Å²) in [4.78, 5) is 17.9. The third-order valence-electron chi connectivity index (χ3n) is 1.82. The molecule has 1 saturated heterocycles. The van der Waals surface area contributed by atoms with Crippen molar-refractivity contribution in [2.24, 2.45) is 5.92 Å². The molecule has 1 aliphatic heterocycles. The number of hydrogen-bond acceptors (Lipinski definition) is 3. The Labute approximate surface area is 77.1 Å². The van der Waals surface area contributed by atoms with Gasteiger partial charge < -0.3 is 19.6 Å². The maximum atomic E-state index is 9.27. The zero-order valence-corrected chi connectivity index (χ0v) is 8.04. The minimum absolute atomic E-state index is 0.0509. The molecule has 0 aromatic heterocycles. The van der Waals surface area contributed by atoms with Gasteiger partial charge in [0.1, 0.15) is 7.85 Å². The van der Waals surface area contributed by atoms with Crippen LogP contribution in [-0.4, -0.2) is 47.6 Å². The van der Waals surface area contributed by atoms with Gasteiger partial charge in [0.2, 0.25) is 0 Å². The Morgan fingerprint density at radius 3 is 2.50 bits per heavy atom. The SMILES string of the molecule is [B][C@@H]1OCC(O)[C@@H]1CP(O)(O)=S. The molecule has 1 aliphatic rings. The molecule has 3 N–H and O–H groups in total. The number of rotatable bonds is 2. The molecule has 12 heavy (non-hydrogen) atoms. The fourth-order valence-electron chi connectivity index (χ4n) is 1.18. The van der Waals surface area contributed by atoms with Crippen molar-refractivity contribution in [1.29, 1.82) is 0 Å². The average Bonchev–Trinajstić information content (AvgIpc) is 2.16. The van der Waals surface area contributed by atoms with Gasteiger partial charge in [0.25, 0.3) is 0 Å². The zero-order chi connectivity index (χ0) is 9.35. The summed E-state index contributed by atoms with van der Waals surface area (Å²) >= 11 is 4.43. The van der Waals surface area contributed by atoms with E-state index < -0.39 is 24.5 Å². The Hall–Kier alpha value is 0.555. The highest BCUT2D eigenvalue weighted by Gasteiger charge is 2.35. The summed E-state index contributed by atoms with van der Waals surface area (Å²) < 4.78 is 4.90. The topological polar surface area (TPSA) is 69.9 Å². The van der Waals surface area contributed by atoms with E-state index in [1.807, 2.05) is 0 Å². The summed E-state index contributed by atoms with van der Waals surface area (Å²) in [6.45, 7) is -3.14. The summed E-state index contributed by atoms with van der Waals surface area (Å²) in [5.41, 5.74) is 0. The van der Waals surface area contributed by atoms with Crippen LogP contribution in [-0.2, 0) is 16.5 Å². The summed E-state index contributed by atoms with van der Waals surface area (Å²) in [5, 5.41) is 9.27. The molecular weight excluding hydrogens is 198 g/mol. The van der Waals surface area contributed by atoms with E-state index in [0.717, 1.165) is 0 Å². The van der Waals surface area contributed by atoms with E-state index in [4.69, 9.17) is 22.4 Å². The van der Waals surface area contributed by atoms with E-state index in [2.05, 4.69) is 11.8 Å². The molecule has 0 saturated carbocycles. The molecule has 0 aromatic carbocycles. The smallest absolute Gasteiger partial charge is 0.183 e. The van der Waals surface area contributed by atoms with Crippen molar-refractivity contribution in [3.05, 3.63) is 0 Å². The summed E-state index contributed by atoms with van der Waals surface area (Å²) in [6, 6.07) is -0.637. The van der Waals surface area contributed by atoms with Crippen LogP contribution < -0.4 is 0 Å². The Bertz CT molecular complexity index is 198. The van der Waals surface area contributed by atoms with E-state index in [1.54, 1.807) is 0 Å². The van der Waals surface area contributed by atoms with Gasteiger partial charge in [-0.1, -0.05) is 0 Å². The van der Waals surface area contributed by atoms with Crippen molar-refractivity contribution < 1.29 is 19.6 Å². The highest BCUT2D eigenvalue weighted by atomic mass is 32.5. The Kier molecular flexibility index (Phi) is 3.31. The molecule has 68 valence electrons. The lowest BCUT2D eigenvalue weighted by Crippen LogP contribution is -2.27. The van der Waals surface area contributed by atoms with E-state index in [0.29, 0.717) is 0 Å². The molecule has 2 radical (unpaired) electrons. The normalized spacial score (nSPS) is 37.1. The van der Waals surface area contributed by atoms with Gasteiger partial charge in [-0.05, 0) is 11.8 Å². The molecule has 3 atom stereocenters. The van der Waals surface area contributed by atoms with Crippen LogP contribution >= 0.6 is 6.49 Å². The van der Waals surface area contributed by atoms with Crippen molar-refractivity contribution in [3.63, 3.8) is 0 Å². The number of ether oxygens (including phenoxy) is 1. The van der Waals surface area contributed by atoms with Crippen LogP contribution in [0.25, 0.3) is 0 Å². The van der Waals surface area contributed by atoms with Crippen molar-refractivity contribution in [2.75, 3.05) is 12.8 Å². The largest absolute Gasteiger partial charge is 0.390 e. The summed E-state index contributed by atoms with van der Waals surface area (Å²) in [7, 11) is 5.44. The van der Waals surface area contributed by atoms with Crippen molar-refractivity contribution >= 4 is 26.1 Å². The molecule has 0 amide bonds. The average molecular weight is 208 g/mol. The lowest BCUT2D eigenvalue weighted by molar-refractivity contribution is 0.115. The molecule has 4 nitrogen and oxygen atoms in total. The summed E-state index contributed by atoms with van der Waals surface area (Å²) in [5.74, 6) is -0.453. The number of hydrogen-bond donors (Lipinski definition) is 3. The van der Waals surface area contributed by atoms with Gasteiger partial charge in [0, 0.05) is 18.1 Å². The van der Waals surface area contributed by atoms with E-state index in [9.17, 15) is 5.11 Å². The fourth-order valence-corrected chi connectivity index (χ4v) is 2.69. The number of aliphatic hydroxyl groups excluding tert-OH is 1. The lowest BCUT2D eigenvalue weighted by Gasteiger charge is -2.19. The van der Waals surface area contributed by atoms with E-state index in [-0.39, 0.29) is 12.8 Å². The standard InChI is InChI=1S/C5H10BO4PS/c6-5-3(2-11(8,9)12)4(7)1-10-5/h3-5,7H,1-2H2,(H2,8,9,12)/t3-,4?,5+/m0/s1. The quantitative estimate of drug-likeness (QED) is 0.392. The fraction of sp³-hybridized carbons (Fsp3) is 1.00. The maximum Gasteiger partial charge on any atom is 0.183 e. The zero-order valence-electron chi connectivity index (χ0n) is 6.33. The Balaban J connectivity index is 2.56. The third-order valence-corrected chi connectivity index (χ3v) is 3.17. The third kappa shape index (κ3) is 2.80. The van der Waals surface area contributed by atoms with Crippen LogP contribution in [0.5, 0.6) is 0 Å². The van der Waals surface area contributed by atoms with Crippen LogP contribution in [0.15, 0.2) is 0 Å². The first kappa shape index (κ1) is 10.6. The predicted molar refractivity (Wildman–Crippen MR) is 48.6 cm³/mol. The van der Waals surface area contributed by atoms with Gasteiger partial charge in [0.15, 0.2) is 6.49 Å². The van der Waals surface area contributed by atoms with Crippen LogP contribution in [0, 0.1) is 5.92 Å². The second kappa shape index (κ2) is 3.74. The second-order valence-corrected chi connectivity index (χ2v) is 6.33. The summed E-state index contributed by atoms with van der Waals surface area (Å²) in [6.07, 6.45) is -0.786. The van der Waals surface area contributed by atoms with Crippen molar-refractivity contribution in [1.82, 2.24) is 0 Å². The van der Waals surface area contributed by atoms with E-state index >= 15 is 0 Å². The molecule has 0 spiro atoms. The first-order valence-electron chi connectivity index (χ1n) is 3.50. The van der Waals surface area contributed by atoms with Gasteiger partial charge in [-0.25, -0.2) is 0 Å². The van der Waals surface area contributed by atoms with Crippen LogP contribution in [0.2, 0.25) is 0 Å². The molecule has 0 aliphatic carbocycles. The van der Waals surface area contributed by atoms with Gasteiger partial charge in [0.05, 0.1) is 12.7 Å². The van der Waals surface area contributed by atoms with Crippen LogP contribution in [0.3, 0.4) is 0 Å². The Morgan fingerprint density at radius 1 is 1.58 bits per heavy atom. The monoisotopic (exact) mass is 208 g/mol. The second-order valence-electron chi connectivity index (χ2n) is 2.88. The van der Waals surface area contributed by atoms with E-state index in [1.165, 1.54) is 0 Å². The molecular formula is C5H10BO4PS. The maximum absolute atomic E-state index is 9.27.